The number of hydrogen-bond donors (Lipinski definition) is 2. The van der Waals surface area contributed by atoms with Crippen LogP contribution < -0.4 is 5.73 Å². The molecule has 0 spiro atoms. The molecule has 0 amide bonds. The lowest BCUT2D eigenvalue weighted by atomic mass is 9.93. The lowest BCUT2D eigenvalue weighted by molar-refractivity contribution is 0.114. The SMILES string of the molecule is CC1CCC(CN)CN1Cc1c[nH]c2cc(Cl)ccc12. The van der Waals surface area contributed by atoms with Gasteiger partial charge in [0.1, 0.15) is 0 Å². The van der Waals surface area contributed by atoms with Gasteiger partial charge in [0.25, 0.3) is 0 Å². The fraction of sp³-hybridized carbons (Fsp3) is 0.500. The summed E-state index contributed by atoms with van der Waals surface area (Å²) in [6.45, 7) is 5.21. The molecular formula is C16H22ClN3. The lowest BCUT2D eigenvalue weighted by Gasteiger charge is -2.37. The van der Waals surface area contributed by atoms with Crippen molar-refractivity contribution in [1.82, 2.24) is 9.88 Å². The van der Waals surface area contributed by atoms with Crippen molar-refractivity contribution >= 4 is 22.5 Å². The number of nitrogens with one attached hydrogen (secondary N) is 1. The van der Waals surface area contributed by atoms with Gasteiger partial charge in [-0.15, -0.1) is 0 Å². The van der Waals surface area contributed by atoms with Gasteiger partial charge >= 0.3 is 0 Å². The second-order valence-corrected chi connectivity index (χ2v) is 6.40. The number of rotatable bonds is 3. The maximum absolute atomic E-state index is 6.04. The van der Waals surface area contributed by atoms with Crippen molar-refractivity contribution in [2.75, 3.05) is 13.1 Å². The van der Waals surface area contributed by atoms with Crippen LogP contribution in [0.5, 0.6) is 0 Å². The smallest absolute Gasteiger partial charge is 0.0472 e. The molecule has 1 fully saturated rings. The molecule has 0 saturated carbocycles. The number of fused-ring (bicyclic) bond motifs is 1. The van der Waals surface area contributed by atoms with E-state index in [0.717, 1.165) is 30.2 Å². The predicted molar refractivity (Wildman–Crippen MR) is 85.0 cm³/mol. The summed E-state index contributed by atoms with van der Waals surface area (Å²) in [7, 11) is 0. The summed E-state index contributed by atoms with van der Waals surface area (Å²) in [5.41, 5.74) is 8.31. The number of benzene rings is 1. The van der Waals surface area contributed by atoms with Crippen molar-refractivity contribution in [2.45, 2.75) is 32.4 Å². The van der Waals surface area contributed by atoms with Gasteiger partial charge in [-0.05, 0) is 49.9 Å². The third-order valence-corrected chi connectivity index (χ3v) is 4.78. The standard InChI is InChI=1S/C16H22ClN3/c1-11-2-3-12(7-18)9-20(11)10-13-8-19-16-6-14(17)4-5-15(13)16/h4-6,8,11-12,19H,2-3,7,9-10,18H2,1H3. The van der Waals surface area contributed by atoms with Gasteiger partial charge in [-0.1, -0.05) is 17.7 Å². The zero-order valence-electron chi connectivity index (χ0n) is 11.9. The maximum Gasteiger partial charge on any atom is 0.0472 e. The molecule has 1 saturated heterocycles. The molecule has 0 radical (unpaired) electrons. The highest BCUT2D eigenvalue weighted by Gasteiger charge is 2.25. The van der Waals surface area contributed by atoms with E-state index in [1.807, 2.05) is 12.1 Å². The van der Waals surface area contributed by atoms with E-state index in [1.54, 1.807) is 0 Å². The summed E-state index contributed by atoms with van der Waals surface area (Å²) in [6.07, 6.45) is 4.62. The highest BCUT2D eigenvalue weighted by atomic mass is 35.5. The minimum absolute atomic E-state index is 0.634. The van der Waals surface area contributed by atoms with Crippen molar-refractivity contribution < 1.29 is 0 Å². The molecule has 2 aromatic rings. The van der Waals surface area contributed by atoms with E-state index in [9.17, 15) is 0 Å². The van der Waals surface area contributed by atoms with Crippen molar-refractivity contribution in [3.63, 3.8) is 0 Å². The predicted octanol–water partition coefficient (Wildman–Crippen LogP) is 3.38. The highest BCUT2D eigenvalue weighted by Crippen LogP contribution is 2.27. The molecular weight excluding hydrogens is 270 g/mol. The third-order valence-electron chi connectivity index (χ3n) is 4.54. The Bertz CT molecular complexity index is 592. The zero-order valence-corrected chi connectivity index (χ0v) is 12.7. The normalized spacial score (nSPS) is 24.4. The van der Waals surface area contributed by atoms with Gasteiger partial charge in [-0.3, -0.25) is 4.90 Å². The molecule has 20 heavy (non-hydrogen) atoms. The Morgan fingerprint density at radius 3 is 3.05 bits per heavy atom. The van der Waals surface area contributed by atoms with Crippen molar-refractivity contribution in [2.24, 2.45) is 11.7 Å². The first-order valence-electron chi connectivity index (χ1n) is 7.37. The summed E-state index contributed by atoms with van der Waals surface area (Å²) in [4.78, 5) is 5.88. The van der Waals surface area contributed by atoms with Crippen LogP contribution in [0.3, 0.4) is 0 Å². The number of piperidine rings is 1. The van der Waals surface area contributed by atoms with E-state index in [4.69, 9.17) is 17.3 Å². The molecule has 1 aliphatic heterocycles. The van der Waals surface area contributed by atoms with Crippen molar-refractivity contribution in [3.05, 3.63) is 35.0 Å². The van der Waals surface area contributed by atoms with Crippen LogP contribution in [0.25, 0.3) is 10.9 Å². The summed E-state index contributed by atoms with van der Waals surface area (Å²) < 4.78 is 0. The van der Waals surface area contributed by atoms with E-state index in [0.29, 0.717) is 12.0 Å². The van der Waals surface area contributed by atoms with E-state index in [-0.39, 0.29) is 0 Å². The number of aromatic amines is 1. The van der Waals surface area contributed by atoms with Crippen LogP contribution in [0.4, 0.5) is 0 Å². The van der Waals surface area contributed by atoms with Gasteiger partial charge in [-0.25, -0.2) is 0 Å². The molecule has 2 heterocycles. The molecule has 0 aliphatic carbocycles. The average molecular weight is 292 g/mol. The Balaban J connectivity index is 1.81. The van der Waals surface area contributed by atoms with E-state index in [1.165, 1.54) is 23.8 Å². The number of hydrogen-bond acceptors (Lipinski definition) is 2. The Hall–Kier alpha value is -1.03. The number of likely N-dealkylation sites (tertiary alicyclic amines) is 1. The monoisotopic (exact) mass is 291 g/mol. The third kappa shape index (κ3) is 2.71. The first-order valence-corrected chi connectivity index (χ1v) is 7.75. The van der Waals surface area contributed by atoms with Gasteiger partial charge in [0.05, 0.1) is 0 Å². The quantitative estimate of drug-likeness (QED) is 0.910. The summed E-state index contributed by atoms with van der Waals surface area (Å²) >= 11 is 6.04. The number of H-pyrrole nitrogens is 1. The number of aromatic nitrogens is 1. The maximum atomic E-state index is 6.04. The van der Waals surface area contributed by atoms with Crippen LogP contribution in [0.2, 0.25) is 5.02 Å². The molecule has 0 bridgehead atoms. The topological polar surface area (TPSA) is 45.0 Å². The molecule has 3 N–H and O–H groups in total. The first kappa shape index (κ1) is 13.9. The number of halogens is 1. The minimum atomic E-state index is 0.634. The first-order chi connectivity index (χ1) is 9.67. The Labute approximate surface area is 125 Å². The van der Waals surface area contributed by atoms with Gasteiger partial charge in [-0.2, -0.15) is 0 Å². The lowest BCUT2D eigenvalue weighted by Crippen LogP contribution is -2.43. The minimum Gasteiger partial charge on any atom is -0.361 e. The van der Waals surface area contributed by atoms with Crippen LogP contribution in [0, 0.1) is 5.92 Å². The number of nitrogens with two attached hydrogens (primary N) is 1. The van der Waals surface area contributed by atoms with Crippen LogP contribution >= 0.6 is 11.6 Å². The van der Waals surface area contributed by atoms with Crippen LogP contribution in [0.15, 0.2) is 24.4 Å². The molecule has 1 aromatic carbocycles. The second kappa shape index (κ2) is 5.76. The Kier molecular flexibility index (Phi) is 4.01. The Morgan fingerprint density at radius 1 is 1.40 bits per heavy atom. The zero-order chi connectivity index (χ0) is 14.1. The van der Waals surface area contributed by atoms with E-state index < -0.39 is 0 Å². The van der Waals surface area contributed by atoms with E-state index >= 15 is 0 Å². The van der Waals surface area contributed by atoms with Gasteiger partial charge < -0.3 is 10.7 Å². The molecule has 1 aliphatic rings. The van der Waals surface area contributed by atoms with Crippen LogP contribution in [0.1, 0.15) is 25.3 Å². The highest BCUT2D eigenvalue weighted by molar-refractivity contribution is 6.31. The largest absolute Gasteiger partial charge is 0.361 e. The summed E-state index contributed by atoms with van der Waals surface area (Å²) in [6, 6.07) is 6.69. The van der Waals surface area contributed by atoms with Crippen molar-refractivity contribution in [1.29, 1.82) is 0 Å². The molecule has 2 unspecified atom stereocenters. The molecule has 108 valence electrons. The fourth-order valence-electron chi connectivity index (χ4n) is 3.18. The molecule has 1 aromatic heterocycles. The molecule has 3 nitrogen and oxygen atoms in total. The van der Waals surface area contributed by atoms with Gasteiger partial charge in [0.2, 0.25) is 0 Å². The van der Waals surface area contributed by atoms with Gasteiger partial charge in [0.15, 0.2) is 0 Å². The fourth-order valence-corrected chi connectivity index (χ4v) is 3.36. The number of nitrogens with zero attached hydrogens (tertiary/aromatic N) is 1. The van der Waals surface area contributed by atoms with Crippen LogP contribution in [-0.4, -0.2) is 29.0 Å². The second-order valence-electron chi connectivity index (χ2n) is 5.96. The molecule has 3 rings (SSSR count). The summed E-state index contributed by atoms with van der Waals surface area (Å²) in [5.74, 6) is 0.644. The van der Waals surface area contributed by atoms with Gasteiger partial charge in [0, 0.05) is 41.3 Å². The average Bonchev–Trinajstić information content (AvgIpc) is 2.83. The van der Waals surface area contributed by atoms with Crippen LogP contribution in [-0.2, 0) is 6.54 Å². The van der Waals surface area contributed by atoms with E-state index in [2.05, 4.69) is 29.1 Å². The Morgan fingerprint density at radius 2 is 2.25 bits per heavy atom. The summed E-state index contributed by atoms with van der Waals surface area (Å²) in [5, 5.41) is 2.05. The molecule has 4 heteroatoms. The van der Waals surface area contributed by atoms with Crippen molar-refractivity contribution in [3.8, 4) is 0 Å². The molecule has 2 atom stereocenters.